The van der Waals surface area contributed by atoms with Crippen LogP contribution in [-0.2, 0) is 13.0 Å². The molecule has 4 nitrogen and oxygen atoms in total. The summed E-state index contributed by atoms with van der Waals surface area (Å²) in [5.41, 5.74) is 2.40. The monoisotopic (exact) mass is 236 g/mol. The van der Waals surface area contributed by atoms with E-state index < -0.39 is 0 Å². The van der Waals surface area contributed by atoms with Gasteiger partial charge in [-0.2, -0.15) is 0 Å². The van der Waals surface area contributed by atoms with Crippen LogP contribution in [0.5, 0.6) is 0 Å². The first-order valence-electron chi connectivity index (χ1n) is 5.97. The van der Waals surface area contributed by atoms with Gasteiger partial charge in [0.05, 0.1) is 0 Å². The van der Waals surface area contributed by atoms with Crippen molar-refractivity contribution in [1.82, 2.24) is 10.6 Å². The predicted molar refractivity (Wildman–Crippen MR) is 67.8 cm³/mol. The molecule has 0 saturated carbocycles. The van der Waals surface area contributed by atoms with Crippen molar-refractivity contribution in [2.45, 2.75) is 26.3 Å². The summed E-state index contributed by atoms with van der Waals surface area (Å²) in [5.74, 6) is 0. The fraction of sp³-hybridized carbons (Fsp3) is 0.462. The number of rotatable bonds is 6. The summed E-state index contributed by atoms with van der Waals surface area (Å²) < 4.78 is 0. The molecule has 0 unspecified atom stereocenters. The quantitative estimate of drug-likeness (QED) is 0.654. The highest BCUT2D eigenvalue weighted by Crippen LogP contribution is 2.08. The van der Waals surface area contributed by atoms with Gasteiger partial charge in [0.1, 0.15) is 0 Å². The first kappa shape index (κ1) is 13.5. The van der Waals surface area contributed by atoms with Crippen molar-refractivity contribution < 1.29 is 9.90 Å². The van der Waals surface area contributed by atoms with Crippen LogP contribution in [0.25, 0.3) is 0 Å². The lowest BCUT2D eigenvalue weighted by atomic mass is 10.1. The summed E-state index contributed by atoms with van der Waals surface area (Å²) in [5, 5.41) is 14.1. The van der Waals surface area contributed by atoms with Crippen LogP contribution in [-0.4, -0.2) is 24.3 Å². The van der Waals surface area contributed by atoms with E-state index in [-0.39, 0.29) is 12.6 Å². The molecule has 1 aromatic carbocycles. The molecule has 94 valence electrons. The topological polar surface area (TPSA) is 61.4 Å². The van der Waals surface area contributed by atoms with E-state index in [1.165, 1.54) is 5.56 Å². The van der Waals surface area contributed by atoms with Crippen molar-refractivity contribution in [3.8, 4) is 0 Å². The summed E-state index contributed by atoms with van der Waals surface area (Å²) in [7, 11) is 0. The van der Waals surface area contributed by atoms with Crippen LogP contribution >= 0.6 is 0 Å². The minimum atomic E-state index is -0.190. The first-order chi connectivity index (χ1) is 8.27. The zero-order chi connectivity index (χ0) is 12.5. The number of nitrogens with one attached hydrogen (secondary N) is 2. The van der Waals surface area contributed by atoms with E-state index in [2.05, 4.69) is 23.6 Å². The smallest absolute Gasteiger partial charge is 0.315 e. The largest absolute Gasteiger partial charge is 0.396 e. The maximum atomic E-state index is 11.4. The van der Waals surface area contributed by atoms with Gasteiger partial charge >= 0.3 is 6.03 Å². The predicted octanol–water partition coefficient (Wildman–Crippen LogP) is 1.43. The van der Waals surface area contributed by atoms with Crippen LogP contribution in [0.15, 0.2) is 24.3 Å². The summed E-state index contributed by atoms with van der Waals surface area (Å²) in [6.45, 7) is 3.23. The SMILES string of the molecule is CCc1ccccc1CNC(=O)NCCCO. The number of urea groups is 1. The Morgan fingerprint density at radius 1 is 1.24 bits per heavy atom. The minimum absolute atomic E-state index is 0.0962. The number of hydrogen-bond donors (Lipinski definition) is 3. The lowest BCUT2D eigenvalue weighted by Gasteiger charge is -2.10. The fourth-order valence-corrected chi connectivity index (χ4v) is 1.59. The number of amides is 2. The zero-order valence-electron chi connectivity index (χ0n) is 10.2. The van der Waals surface area contributed by atoms with Gasteiger partial charge in [0.15, 0.2) is 0 Å². The van der Waals surface area contributed by atoms with Crippen LogP contribution in [0.2, 0.25) is 0 Å². The van der Waals surface area contributed by atoms with Gasteiger partial charge in [0.25, 0.3) is 0 Å². The normalized spacial score (nSPS) is 10.0. The highest BCUT2D eigenvalue weighted by atomic mass is 16.3. The maximum absolute atomic E-state index is 11.4. The molecule has 0 aromatic heterocycles. The Morgan fingerprint density at radius 3 is 2.59 bits per heavy atom. The van der Waals surface area contributed by atoms with E-state index in [0.717, 1.165) is 12.0 Å². The van der Waals surface area contributed by atoms with Gasteiger partial charge in [0.2, 0.25) is 0 Å². The third-order valence-electron chi connectivity index (χ3n) is 2.56. The molecule has 0 heterocycles. The molecular weight excluding hydrogens is 216 g/mol. The molecular formula is C13H20N2O2. The molecule has 0 fully saturated rings. The van der Waals surface area contributed by atoms with Crippen LogP contribution in [0, 0.1) is 0 Å². The number of aliphatic hydroxyl groups is 1. The molecule has 1 aromatic rings. The molecule has 0 spiro atoms. The number of benzene rings is 1. The van der Waals surface area contributed by atoms with Crippen molar-refractivity contribution in [3.63, 3.8) is 0 Å². The van der Waals surface area contributed by atoms with Crippen molar-refractivity contribution in [1.29, 1.82) is 0 Å². The molecule has 2 amide bonds. The molecule has 0 aliphatic heterocycles. The maximum Gasteiger partial charge on any atom is 0.315 e. The third-order valence-corrected chi connectivity index (χ3v) is 2.56. The molecule has 4 heteroatoms. The van der Waals surface area contributed by atoms with Crippen molar-refractivity contribution in [3.05, 3.63) is 35.4 Å². The van der Waals surface area contributed by atoms with Gasteiger partial charge in [-0.25, -0.2) is 4.79 Å². The second kappa shape index (κ2) is 7.68. The molecule has 3 N–H and O–H groups in total. The minimum Gasteiger partial charge on any atom is -0.396 e. The molecule has 1 rings (SSSR count). The number of hydrogen-bond acceptors (Lipinski definition) is 2. The van der Waals surface area contributed by atoms with Crippen molar-refractivity contribution in [2.75, 3.05) is 13.2 Å². The Bertz CT molecular complexity index is 353. The Balaban J connectivity index is 2.36. The van der Waals surface area contributed by atoms with Gasteiger partial charge in [-0.05, 0) is 24.0 Å². The zero-order valence-corrected chi connectivity index (χ0v) is 10.2. The summed E-state index contributed by atoms with van der Waals surface area (Å²) in [6, 6.07) is 7.88. The van der Waals surface area contributed by atoms with E-state index >= 15 is 0 Å². The van der Waals surface area contributed by atoms with Crippen LogP contribution in [0.4, 0.5) is 4.79 Å². The third kappa shape index (κ3) is 4.87. The van der Waals surface area contributed by atoms with E-state index in [1.807, 2.05) is 18.2 Å². The Labute approximate surface area is 102 Å². The van der Waals surface area contributed by atoms with Crippen LogP contribution < -0.4 is 10.6 Å². The Hall–Kier alpha value is -1.55. The van der Waals surface area contributed by atoms with Crippen molar-refractivity contribution >= 4 is 6.03 Å². The first-order valence-corrected chi connectivity index (χ1v) is 5.97. The summed E-state index contributed by atoms with van der Waals surface area (Å²) in [6.07, 6.45) is 1.54. The number of carbonyl (C=O) groups is 1. The standard InChI is InChI=1S/C13H20N2O2/c1-2-11-6-3-4-7-12(11)10-15-13(17)14-8-5-9-16/h3-4,6-7,16H,2,5,8-10H2,1H3,(H2,14,15,17). The molecule has 17 heavy (non-hydrogen) atoms. The van der Waals surface area contributed by atoms with Gasteiger partial charge in [-0.1, -0.05) is 31.2 Å². The molecule has 0 atom stereocenters. The van der Waals surface area contributed by atoms with Gasteiger partial charge in [0, 0.05) is 19.7 Å². The van der Waals surface area contributed by atoms with E-state index in [1.54, 1.807) is 0 Å². The van der Waals surface area contributed by atoms with Crippen LogP contribution in [0.3, 0.4) is 0 Å². The second-order valence-corrected chi connectivity index (χ2v) is 3.81. The molecule has 0 radical (unpaired) electrons. The highest BCUT2D eigenvalue weighted by Gasteiger charge is 2.02. The average Bonchev–Trinajstić information content (AvgIpc) is 2.37. The average molecular weight is 236 g/mol. The van der Waals surface area contributed by atoms with Crippen molar-refractivity contribution in [2.24, 2.45) is 0 Å². The lowest BCUT2D eigenvalue weighted by Crippen LogP contribution is -2.36. The van der Waals surface area contributed by atoms with E-state index in [4.69, 9.17) is 5.11 Å². The molecule has 0 aliphatic carbocycles. The number of aryl methyl sites for hydroxylation is 1. The van der Waals surface area contributed by atoms with Crippen LogP contribution in [0.1, 0.15) is 24.5 Å². The van der Waals surface area contributed by atoms with Gasteiger partial charge < -0.3 is 15.7 Å². The molecule has 0 aliphatic rings. The Morgan fingerprint density at radius 2 is 1.94 bits per heavy atom. The summed E-state index contributed by atoms with van der Waals surface area (Å²) >= 11 is 0. The van der Waals surface area contributed by atoms with Gasteiger partial charge in [-0.15, -0.1) is 0 Å². The van der Waals surface area contributed by atoms with E-state index in [9.17, 15) is 4.79 Å². The second-order valence-electron chi connectivity index (χ2n) is 3.81. The number of aliphatic hydroxyl groups excluding tert-OH is 1. The molecule has 0 saturated heterocycles. The summed E-state index contributed by atoms with van der Waals surface area (Å²) in [4.78, 5) is 11.4. The molecule has 0 bridgehead atoms. The highest BCUT2D eigenvalue weighted by molar-refractivity contribution is 5.73. The number of carbonyl (C=O) groups excluding carboxylic acids is 1. The fourth-order valence-electron chi connectivity index (χ4n) is 1.59. The lowest BCUT2D eigenvalue weighted by molar-refractivity contribution is 0.237. The van der Waals surface area contributed by atoms with E-state index in [0.29, 0.717) is 19.5 Å². The Kier molecular flexibility index (Phi) is 6.10. The van der Waals surface area contributed by atoms with Gasteiger partial charge in [-0.3, -0.25) is 0 Å².